The molecule has 4 aromatic rings. The van der Waals surface area contributed by atoms with Crippen LogP contribution in [0.3, 0.4) is 0 Å². The van der Waals surface area contributed by atoms with E-state index in [1.807, 2.05) is 41.7 Å². The molecule has 0 saturated heterocycles. The quantitative estimate of drug-likeness (QED) is 0.540. The van der Waals surface area contributed by atoms with Crippen molar-refractivity contribution in [3.8, 4) is 0 Å². The molecule has 0 bridgehead atoms. The number of carbonyl (C=O) groups is 1. The first kappa shape index (κ1) is 19.0. The maximum atomic E-state index is 12.3. The molecule has 1 aliphatic rings. The number of thiophene rings is 1. The van der Waals surface area contributed by atoms with Gasteiger partial charge in [-0.15, -0.1) is 21.5 Å². The van der Waals surface area contributed by atoms with Gasteiger partial charge in [0.2, 0.25) is 0 Å². The van der Waals surface area contributed by atoms with Gasteiger partial charge in [0.15, 0.2) is 5.82 Å². The molecule has 1 amide bonds. The van der Waals surface area contributed by atoms with Crippen LogP contribution in [0.5, 0.6) is 0 Å². The van der Waals surface area contributed by atoms with E-state index in [2.05, 4.69) is 55.3 Å². The number of carbonyl (C=O) groups excluding carboxylic acids is 1. The van der Waals surface area contributed by atoms with Crippen LogP contribution < -0.4 is 5.32 Å². The number of nitrogens with zero attached hydrogens (tertiary/aromatic N) is 4. The van der Waals surface area contributed by atoms with Crippen LogP contribution >= 0.6 is 11.3 Å². The lowest BCUT2D eigenvalue weighted by molar-refractivity contribution is 0.0949. The van der Waals surface area contributed by atoms with Gasteiger partial charge in [0.25, 0.3) is 5.91 Å². The standard InChI is InChI=1S/C23H23N5OS/c29-23(17-6-2-1-3-7-17)24-15-22-26-25-21-10-11-27(12-13-28(21)22)16-19-14-18-8-4-5-9-20(18)30-19/h1-9,14H,10-13,15-16H2,(H,24,29). The molecular weight excluding hydrogens is 394 g/mol. The van der Waals surface area contributed by atoms with Gasteiger partial charge < -0.3 is 9.88 Å². The molecule has 0 fully saturated rings. The highest BCUT2D eigenvalue weighted by Gasteiger charge is 2.19. The molecule has 5 rings (SSSR count). The molecule has 1 aliphatic heterocycles. The van der Waals surface area contributed by atoms with Crippen molar-refractivity contribution in [1.82, 2.24) is 25.0 Å². The Morgan fingerprint density at radius 2 is 1.83 bits per heavy atom. The first-order valence-electron chi connectivity index (χ1n) is 10.2. The molecule has 0 saturated carbocycles. The summed E-state index contributed by atoms with van der Waals surface area (Å²) in [6.07, 6.45) is 0.866. The first-order chi connectivity index (χ1) is 14.8. The average molecular weight is 418 g/mol. The molecule has 0 aliphatic carbocycles. The van der Waals surface area contributed by atoms with Gasteiger partial charge in [0.05, 0.1) is 6.54 Å². The zero-order chi connectivity index (χ0) is 20.3. The highest BCUT2D eigenvalue weighted by Crippen LogP contribution is 2.26. The molecule has 0 spiro atoms. The minimum Gasteiger partial charge on any atom is -0.345 e. The van der Waals surface area contributed by atoms with E-state index in [-0.39, 0.29) is 5.91 Å². The van der Waals surface area contributed by atoms with E-state index >= 15 is 0 Å². The summed E-state index contributed by atoms with van der Waals surface area (Å²) in [5, 5.41) is 13.0. The van der Waals surface area contributed by atoms with E-state index in [0.717, 1.165) is 44.2 Å². The largest absolute Gasteiger partial charge is 0.345 e. The number of nitrogens with one attached hydrogen (secondary N) is 1. The van der Waals surface area contributed by atoms with E-state index in [4.69, 9.17) is 0 Å². The third kappa shape index (κ3) is 3.99. The molecule has 1 N–H and O–H groups in total. The van der Waals surface area contributed by atoms with Gasteiger partial charge in [0.1, 0.15) is 5.82 Å². The van der Waals surface area contributed by atoms with Gasteiger partial charge in [-0.1, -0.05) is 36.4 Å². The molecule has 0 radical (unpaired) electrons. The van der Waals surface area contributed by atoms with E-state index in [1.54, 1.807) is 0 Å². The second-order valence-corrected chi connectivity index (χ2v) is 8.68. The summed E-state index contributed by atoms with van der Waals surface area (Å²) in [6.45, 7) is 4.08. The molecule has 2 aromatic heterocycles. The maximum Gasteiger partial charge on any atom is 0.251 e. The third-order valence-corrected chi connectivity index (χ3v) is 6.60. The number of amides is 1. The normalized spacial score (nSPS) is 14.4. The molecule has 7 heteroatoms. The lowest BCUT2D eigenvalue weighted by Gasteiger charge is -2.18. The smallest absolute Gasteiger partial charge is 0.251 e. The van der Waals surface area contributed by atoms with Crippen LogP contribution in [0.15, 0.2) is 60.7 Å². The summed E-state index contributed by atoms with van der Waals surface area (Å²) in [6, 6.07) is 20.1. The van der Waals surface area contributed by atoms with Crippen LogP contribution in [0.25, 0.3) is 10.1 Å². The minimum absolute atomic E-state index is 0.0899. The molecule has 3 heterocycles. The van der Waals surface area contributed by atoms with Gasteiger partial charge >= 0.3 is 0 Å². The van der Waals surface area contributed by atoms with Gasteiger partial charge in [-0.05, 0) is 29.7 Å². The molecule has 2 aromatic carbocycles. The monoisotopic (exact) mass is 417 g/mol. The Morgan fingerprint density at radius 1 is 1.00 bits per heavy atom. The van der Waals surface area contributed by atoms with Crippen molar-refractivity contribution in [2.45, 2.75) is 26.1 Å². The molecule has 0 unspecified atom stereocenters. The molecule has 152 valence electrons. The Bertz CT molecular complexity index is 1130. The van der Waals surface area contributed by atoms with E-state index in [1.165, 1.54) is 15.0 Å². The number of hydrogen-bond acceptors (Lipinski definition) is 5. The van der Waals surface area contributed by atoms with Gasteiger partial charge in [-0.2, -0.15) is 0 Å². The van der Waals surface area contributed by atoms with E-state index in [9.17, 15) is 4.79 Å². The minimum atomic E-state index is -0.0899. The maximum absolute atomic E-state index is 12.3. The molecule has 6 nitrogen and oxygen atoms in total. The predicted octanol–water partition coefficient (Wildman–Crippen LogP) is 3.48. The number of benzene rings is 2. The third-order valence-electron chi connectivity index (χ3n) is 5.49. The van der Waals surface area contributed by atoms with Crippen molar-refractivity contribution < 1.29 is 4.79 Å². The Labute approximate surface area is 179 Å². The van der Waals surface area contributed by atoms with Gasteiger partial charge in [-0.3, -0.25) is 9.69 Å². The Balaban J connectivity index is 1.22. The van der Waals surface area contributed by atoms with Crippen LogP contribution in [-0.4, -0.2) is 38.7 Å². The number of rotatable bonds is 5. The summed E-state index contributed by atoms with van der Waals surface area (Å²) in [5.74, 6) is 1.73. The van der Waals surface area contributed by atoms with Crippen molar-refractivity contribution in [2.24, 2.45) is 0 Å². The van der Waals surface area contributed by atoms with Crippen molar-refractivity contribution in [3.63, 3.8) is 0 Å². The summed E-state index contributed by atoms with van der Waals surface area (Å²) in [7, 11) is 0. The van der Waals surface area contributed by atoms with Crippen LogP contribution in [0.2, 0.25) is 0 Å². The van der Waals surface area contributed by atoms with Crippen LogP contribution in [-0.2, 0) is 26.1 Å². The van der Waals surface area contributed by atoms with Gasteiger partial charge in [-0.25, -0.2) is 0 Å². The molecular formula is C23H23N5OS. The van der Waals surface area contributed by atoms with Crippen molar-refractivity contribution >= 4 is 27.3 Å². The van der Waals surface area contributed by atoms with Gasteiger partial charge in [0, 0.05) is 47.7 Å². The summed E-state index contributed by atoms with van der Waals surface area (Å²) < 4.78 is 3.51. The van der Waals surface area contributed by atoms with Crippen molar-refractivity contribution in [3.05, 3.63) is 82.8 Å². The van der Waals surface area contributed by atoms with E-state index in [0.29, 0.717) is 12.1 Å². The summed E-state index contributed by atoms with van der Waals surface area (Å²) >= 11 is 1.87. The fourth-order valence-corrected chi connectivity index (χ4v) is 5.01. The first-order valence-corrected chi connectivity index (χ1v) is 11.0. The van der Waals surface area contributed by atoms with E-state index < -0.39 is 0 Å². The lowest BCUT2D eigenvalue weighted by Crippen LogP contribution is -2.27. The Kier molecular flexibility index (Phi) is 5.29. The van der Waals surface area contributed by atoms with Crippen LogP contribution in [0.1, 0.15) is 26.9 Å². The molecule has 30 heavy (non-hydrogen) atoms. The van der Waals surface area contributed by atoms with Crippen molar-refractivity contribution in [2.75, 3.05) is 13.1 Å². The second kappa shape index (κ2) is 8.38. The fourth-order valence-electron chi connectivity index (χ4n) is 3.90. The molecule has 0 atom stereocenters. The second-order valence-electron chi connectivity index (χ2n) is 7.51. The fraction of sp³-hybridized carbons (Fsp3) is 0.261. The SMILES string of the molecule is O=C(NCc1nnc2n1CCN(Cc1cc3ccccc3s1)CC2)c1ccccc1. The summed E-state index contributed by atoms with van der Waals surface area (Å²) in [5.41, 5.74) is 0.655. The Hall–Kier alpha value is -3.03. The number of hydrogen-bond donors (Lipinski definition) is 1. The summed E-state index contributed by atoms with van der Waals surface area (Å²) in [4.78, 5) is 16.2. The number of fused-ring (bicyclic) bond motifs is 2. The predicted molar refractivity (Wildman–Crippen MR) is 118 cm³/mol. The lowest BCUT2D eigenvalue weighted by atomic mass is 10.2. The number of aromatic nitrogens is 3. The van der Waals surface area contributed by atoms with Crippen molar-refractivity contribution in [1.29, 1.82) is 0 Å². The zero-order valence-corrected chi connectivity index (χ0v) is 17.4. The topological polar surface area (TPSA) is 63.1 Å². The zero-order valence-electron chi connectivity index (χ0n) is 16.6. The van der Waals surface area contributed by atoms with Crippen LogP contribution in [0, 0.1) is 0 Å². The average Bonchev–Trinajstić information content (AvgIpc) is 3.31. The highest BCUT2D eigenvalue weighted by atomic mass is 32.1. The van der Waals surface area contributed by atoms with Crippen LogP contribution in [0.4, 0.5) is 0 Å². The Morgan fingerprint density at radius 3 is 2.70 bits per heavy atom. The highest BCUT2D eigenvalue weighted by molar-refractivity contribution is 7.19.